The zero-order valence-corrected chi connectivity index (χ0v) is 13.1. The predicted molar refractivity (Wildman–Crippen MR) is 87.3 cm³/mol. The van der Waals surface area contributed by atoms with Gasteiger partial charge in [0.1, 0.15) is 0 Å². The molecule has 114 valence electrons. The summed E-state index contributed by atoms with van der Waals surface area (Å²) in [6.07, 6.45) is 1.76. The molecule has 0 saturated carbocycles. The summed E-state index contributed by atoms with van der Waals surface area (Å²) in [5.74, 6) is 0.607. The van der Waals surface area contributed by atoms with Crippen molar-refractivity contribution in [1.29, 1.82) is 0 Å². The molecule has 0 spiro atoms. The summed E-state index contributed by atoms with van der Waals surface area (Å²) >= 11 is 1.52. The molecule has 7 heteroatoms. The highest BCUT2D eigenvalue weighted by Gasteiger charge is 2.21. The summed E-state index contributed by atoms with van der Waals surface area (Å²) in [7, 11) is 0. The molecule has 2 aliphatic rings. The van der Waals surface area contributed by atoms with Crippen LogP contribution in [-0.4, -0.2) is 30.7 Å². The Hall–Kier alpha value is -1.24. The number of nitrogens with one attached hydrogen (secondary N) is 3. The van der Waals surface area contributed by atoms with E-state index in [9.17, 15) is 9.59 Å². The smallest absolute Gasteiger partial charge is 0.234 e. The molecule has 0 aliphatic carbocycles. The number of amides is 2. The third-order valence-electron chi connectivity index (χ3n) is 3.59. The van der Waals surface area contributed by atoms with Crippen molar-refractivity contribution in [1.82, 2.24) is 5.32 Å². The van der Waals surface area contributed by atoms with Crippen LogP contribution in [0.4, 0.5) is 11.4 Å². The Kier molecular flexibility index (Phi) is 5.50. The Balaban J connectivity index is 0.00000161. The van der Waals surface area contributed by atoms with Crippen LogP contribution < -0.4 is 16.0 Å². The van der Waals surface area contributed by atoms with E-state index in [1.807, 2.05) is 18.2 Å². The van der Waals surface area contributed by atoms with Crippen LogP contribution in [0.2, 0.25) is 0 Å². The third-order valence-corrected chi connectivity index (χ3v) is 4.66. The van der Waals surface area contributed by atoms with Gasteiger partial charge < -0.3 is 16.0 Å². The van der Waals surface area contributed by atoms with E-state index in [0.29, 0.717) is 5.75 Å². The van der Waals surface area contributed by atoms with Crippen molar-refractivity contribution in [2.75, 3.05) is 29.5 Å². The number of rotatable bonds is 2. The van der Waals surface area contributed by atoms with Crippen LogP contribution in [0.1, 0.15) is 12.8 Å². The molecular weight excluding hydrogens is 310 g/mol. The fourth-order valence-corrected chi connectivity index (χ4v) is 3.28. The Morgan fingerprint density at radius 2 is 2.05 bits per heavy atom. The molecule has 1 aromatic carbocycles. The highest BCUT2D eigenvalue weighted by Crippen LogP contribution is 2.33. The van der Waals surface area contributed by atoms with Gasteiger partial charge in [0, 0.05) is 16.5 Å². The number of hydrogen-bond donors (Lipinski definition) is 3. The number of carbonyl (C=O) groups excluding carboxylic acids is 2. The van der Waals surface area contributed by atoms with Gasteiger partial charge in [0.05, 0.1) is 11.4 Å². The van der Waals surface area contributed by atoms with Crippen LogP contribution >= 0.6 is 24.2 Å². The molecule has 2 amide bonds. The summed E-state index contributed by atoms with van der Waals surface area (Å²) in [6.45, 7) is 1.80. The van der Waals surface area contributed by atoms with Gasteiger partial charge in [-0.05, 0) is 44.1 Å². The molecule has 1 fully saturated rings. The van der Waals surface area contributed by atoms with Crippen molar-refractivity contribution in [3.63, 3.8) is 0 Å². The molecule has 0 atom stereocenters. The summed E-state index contributed by atoms with van der Waals surface area (Å²) in [4.78, 5) is 24.6. The highest BCUT2D eigenvalue weighted by molar-refractivity contribution is 8.00. The minimum atomic E-state index is 0. The first-order valence-corrected chi connectivity index (χ1v) is 7.79. The van der Waals surface area contributed by atoms with Crippen molar-refractivity contribution in [3.05, 3.63) is 18.2 Å². The van der Waals surface area contributed by atoms with Crippen LogP contribution in [0.3, 0.4) is 0 Å². The third kappa shape index (κ3) is 3.90. The second-order valence-electron chi connectivity index (χ2n) is 5.06. The lowest BCUT2D eigenvalue weighted by Gasteiger charge is -2.22. The summed E-state index contributed by atoms with van der Waals surface area (Å²) < 4.78 is 0. The number of anilines is 2. The van der Waals surface area contributed by atoms with Gasteiger partial charge in [0.25, 0.3) is 0 Å². The zero-order chi connectivity index (χ0) is 13.9. The SMILES string of the molecule is Cl.O=C1CSc2ccc(NC(=O)C3CCNCC3)cc2N1. The van der Waals surface area contributed by atoms with E-state index in [4.69, 9.17) is 0 Å². The van der Waals surface area contributed by atoms with E-state index in [1.165, 1.54) is 11.8 Å². The van der Waals surface area contributed by atoms with Crippen molar-refractivity contribution in [3.8, 4) is 0 Å². The molecule has 2 aliphatic heterocycles. The molecule has 0 radical (unpaired) electrons. The topological polar surface area (TPSA) is 70.2 Å². The Bertz CT molecular complexity index is 547. The fraction of sp³-hybridized carbons (Fsp3) is 0.429. The average Bonchev–Trinajstić information content (AvgIpc) is 2.47. The van der Waals surface area contributed by atoms with Gasteiger partial charge in [-0.2, -0.15) is 0 Å². The lowest BCUT2D eigenvalue weighted by atomic mass is 9.97. The largest absolute Gasteiger partial charge is 0.326 e. The lowest BCUT2D eigenvalue weighted by molar-refractivity contribution is -0.120. The van der Waals surface area contributed by atoms with Crippen molar-refractivity contribution in [2.45, 2.75) is 17.7 Å². The van der Waals surface area contributed by atoms with Crippen LogP contribution in [0.25, 0.3) is 0 Å². The van der Waals surface area contributed by atoms with Gasteiger partial charge in [0.15, 0.2) is 0 Å². The van der Waals surface area contributed by atoms with E-state index in [0.717, 1.165) is 42.2 Å². The molecule has 2 heterocycles. The molecule has 5 nitrogen and oxygen atoms in total. The van der Waals surface area contributed by atoms with E-state index < -0.39 is 0 Å². The lowest BCUT2D eigenvalue weighted by Crippen LogP contribution is -2.34. The molecule has 0 unspecified atom stereocenters. The van der Waals surface area contributed by atoms with Crippen LogP contribution in [-0.2, 0) is 9.59 Å². The first-order chi connectivity index (χ1) is 9.72. The van der Waals surface area contributed by atoms with E-state index in [1.54, 1.807) is 0 Å². The minimum Gasteiger partial charge on any atom is -0.326 e. The number of benzene rings is 1. The zero-order valence-electron chi connectivity index (χ0n) is 11.5. The number of halogens is 1. The van der Waals surface area contributed by atoms with Gasteiger partial charge in [-0.1, -0.05) is 0 Å². The fourth-order valence-electron chi connectivity index (χ4n) is 2.49. The van der Waals surface area contributed by atoms with Crippen molar-refractivity contribution in [2.24, 2.45) is 5.92 Å². The maximum Gasteiger partial charge on any atom is 0.234 e. The van der Waals surface area contributed by atoms with Crippen LogP contribution in [0, 0.1) is 5.92 Å². The summed E-state index contributed by atoms with van der Waals surface area (Å²) in [6, 6.07) is 5.66. The predicted octanol–water partition coefficient (Wildman–Crippen LogP) is 2.09. The van der Waals surface area contributed by atoms with Gasteiger partial charge in [-0.3, -0.25) is 9.59 Å². The minimum absolute atomic E-state index is 0. The first kappa shape index (κ1) is 16.1. The highest BCUT2D eigenvalue weighted by atomic mass is 35.5. The van der Waals surface area contributed by atoms with Crippen molar-refractivity contribution >= 4 is 47.4 Å². The second kappa shape index (κ2) is 7.15. The summed E-state index contributed by atoms with van der Waals surface area (Å²) in [5.41, 5.74) is 1.53. The number of hydrogen-bond acceptors (Lipinski definition) is 4. The monoisotopic (exact) mass is 327 g/mol. The Morgan fingerprint density at radius 1 is 1.29 bits per heavy atom. The molecule has 0 aromatic heterocycles. The number of fused-ring (bicyclic) bond motifs is 1. The van der Waals surface area contributed by atoms with Crippen LogP contribution in [0.15, 0.2) is 23.1 Å². The maximum atomic E-state index is 12.2. The number of thioether (sulfide) groups is 1. The number of piperidine rings is 1. The quantitative estimate of drug-likeness (QED) is 0.778. The first-order valence-electron chi connectivity index (χ1n) is 6.80. The molecule has 3 N–H and O–H groups in total. The van der Waals surface area contributed by atoms with Crippen LogP contribution in [0.5, 0.6) is 0 Å². The van der Waals surface area contributed by atoms with Gasteiger partial charge in [-0.25, -0.2) is 0 Å². The van der Waals surface area contributed by atoms with Gasteiger partial charge in [-0.15, -0.1) is 24.2 Å². The van der Waals surface area contributed by atoms with Gasteiger partial charge >= 0.3 is 0 Å². The standard InChI is InChI=1S/C14H17N3O2S.ClH/c18-13-8-20-12-2-1-10(7-11(12)17-13)16-14(19)9-3-5-15-6-4-9;/h1-2,7,9,15H,3-6,8H2,(H,16,19)(H,17,18);1H. The molecule has 1 saturated heterocycles. The molecule has 21 heavy (non-hydrogen) atoms. The second-order valence-corrected chi connectivity index (χ2v) is 6.08. The van der Waals surface area contributed by atoms with E-state index in [2.05, 4.69) is 16.0 Å². The van der Waals surface area contributed by atoms with E-state index >= 15 is 0 Å². The summed E-state index contributed by atoms with van der Waals surface area (Å²) in [5, 5.41) is 9.03. The number of carbonyl (C=O) groups is 2. The normalized spacial score (nSPS) is 18.2. The maximum absolute atomic E-state index is 12.2. The average molecular weight is 328 g/mol. The molecule has 0 bridgehead atoms. The molecule has 3 rings (SSSR count). The Labute approximate surface area is 134 Å². The molecule has 1 aromatic rings. The Morgan fingerprint density at radius 3 is 2.81 bits per heavy atom. The van der Waals surface area contributed by atoms with Gasteiger partial charge in [0.2, 0.25) is 11.8 Å². The van der Waals surface area contributed by atoms with E-state index in [-0.39, 0.29) is 30.1 Å². The molecular formula is C14H18ClN3O2S. The van der Waals surface area contributed by atoms with Crippen molar-refractivity contribution < 1.29 is 9.59 Å².